The normalized spacial score (nSPS) is 27.6. The number of dihydropyridines is 1. The molecule has 0 aromatic heterocycles. The number of nitrogens with two attached hydrogens (primary N) is 1. The van der Waals surface area contributed by atoms with Crippen LogP contribution in [0.15, 0.2) is 17.1 Å². The summed E-state index contributed by atoms with van der Waals surface area (Å²) in [6.45, 7) is 0. The molecule has 1 atom stereocenters. The van der Waals surface area contributed by atoms with Gasteiger partial charge in [-0.05, 0) is 5.61 Å². The lowest BCUT2D eigenvalue weighted by molar-refractivity contribution is 0.719. The molecule has 1 aliphatic heterocycles. The highest BCUT2D eigenvalue weighted by Crippen LogP contribution is 1.98. The molecular formula is C5H7BN2. The average molecular weight is 106 g/mol. The Morgan fingerprint density at radius 1 is 1.88 bits per heavy atom. The maximum Gasteiger partial charge on any atom is 0.141 e. The molecule has 0 aromatic carbocycles. The molecule has 0 spiro atoms. The van der Waals surface area contributed by atoms with Crippen LogP contribution in [0.1, 0.15) is 6.42 Å². The quantitative estimate of drug-likeness (QED) is 0.426. The van der Waals surface area contributed by atoms with Crippen LogP contribution >= 0.6 is 0 Å². The van der Waals surface area contributed by atoms with Crippen molar-refractivity contribution in [1.82, 2.24) is 0 Å². The van der Waals surface area contributed by atoms with Crippen molar-refractivity contribution in [2.45, 2.75) is 12.6 Å². The second-order valence-electron chi connectivity index (χ2n) is 1.76. The van der Waals surface area contributed by atoms with Gasteiger partial charge in [-0.15, -0.1) is 0 Å². The van der Waals surface area contributed by atoms with Crippen molar-refractivity contribution in [3.63, 3.8) is 0 Å². The van der Waals surface area contributed by atoms with Gasteiger partial charge in [0.25, 0.3) is 0 Å². The molecule has 2 radical (unpaired) electrons. The van der Waals surface area contributed by atoms with Crippen molar-refractivity contribution in [1.29, 1.82) is 0 Å². The van der Waals surface area contributed by atoms with Crippen molar-refractivity contribution in [3.8, 4) is 0 Å². The monoisotopic (exact) mass is 106 g/mol. The number of allylic oxidation sites excluding steroid dienone is 1. The Morgan fingerprint density at radius 3 is 3.00 bits per heavy atom. The molecule has 0 saturated heterocycles. The maximum atomic E-state index is 5.41. The second kappa shape index (κ2) is 2.14. The van der Waals surface area contributed by atoms with Crippen LogP contribution in [0, 0.1) is 0 Å². The summed E-state index contributed by atoms with van der Waals surface area (Å²) in [7, 11) is 5.31. The lowest BCUT2D eigenvalue weighted by atomic mass is 9.98. The molecule has 0 fully saturated rings. The van der Waals surface area contributed by atoms with Gasteiger partial charge in [0.2, 0.25) is 0 Å². The van der Waals surface area contributed by atoms with E-state index in [0.717, 1.165) is 6.42 Å². The van der Waals surface area contributed by atoms with E-state index in [0.29, 0.717) is 5.61 Å². The van der Waals surface area contributed by atoms with Crippen molar-refractivity contribution < 1.29 is 0 Å². The minimum atomic E-state index is -0.111. The van der Waals surface area contributed by atoms with Crippen LogP contribution in [0.3, 0.4) is 0 Å². The fourth-order valence-corrected chi connectivity index (χ4v) is 0.615. The molecular weight excluding hydrogens is 98.9 g/mol. The zero-order chi connectivity index (χ0) is 5.98. The molecule has 3 heteroatoms. The van der Waals surface area contributed by atoms with Gasteiger partial charge in [0.1, 0.15) is 7.85 Å². The highest BCUT2D eigenvalue weighted by atomic mass is 14.9. The van der Waals surface area contributed by atoms with Crippen molar-refractivity contribution in [2.75, 3.05) is 0 Å². The maximum absolute atomic E-state index is 5.41. The summed E-state index contributed by atoms with van der Waals surface area (Å²) in [5.41, 5.74) is 5.94. The van der Waals surface area contributed by atoms with E-state index in [1.54, 1.807) is 6.08 Å². The molecule has 8 heavy (non-hydrogen) atoms. The van der Waals surface area contributed by atoms with Gasteiger partial charge in [-0.2, -0.15) is 0 Å². The fourth-order valence-electron chi connectivity index (χ4n) is 0.615. The molecule has 2 nitrogen and oxygen atoms in total. The van der Waals surface area contributed by atoms with Gasteiger partial charge in [0.05, 0.1) is 6.17 Å². The Hall–Kier alpha value is -0.565. The van der Waals surface area contributed by atoms with Crippen LogP contribution < -0.4 is 5.73 Å². The Kier molecular flexibility index (Phi) is 1.49. The minimum Gasteiger partial charge on any atom is -0.310 e. The molecule has 1 aliphatic rings. The molecule has 0 saturated carbocycles. The Morgan fingerprint density at radius 2 is 2.62 bits per heavy atom. The predicted octanol–water partition coefficient (Wildman–Crippen LogP) is -0.202. The number of rotatable bonds is 0. The third-order valence-electron chi connectivity index (χ3n) is 0.981. The lowest BCUT2D eigenvalue weighted by Crippen LogP contribution is -2.20. The Labute approximate surface area is 49.9 Å². The highest BCUT2D eigenvalue weighted by Gasteiger charge is 1.99. The first-order valence-electron chi connectivity index (χ1n) is 2.54. The van der Waals surface area contributed by atoms with E-state index in [9.17, 15) is 0 Å². The van der Waals surface area contributed by atoms with Crippen molar-refractivity contribution >= 4 is 13.5 Å². The van der Waals surface area contributed by atoms with Gasteiger partial charge in [0.15, 0.2) is 0 Å². The Bertz CT molecular complexity index is 139. The Balaban J connectivity index is 2.63. The van der Waals surface area contributed by atoms with E-state index in [2.05, 4.69) is 4.99 Å². The first kappa shape index (κ1) is 5.57. The van der Waals surface area contributed by atoms with Crippen LogP contribution in [0.5, 0.6) is 0 Å². The van der Waals surface area contributed by atoms with Crippen LogP contribution in [0.2, 0.25) is 0 Å². The lowest BCUT2D eigenvalue weighted by Gasteiger charge is -2.07. The van der Waals surface area contributed by atoms with Crippen LogP contribution in [0.4, 0.5) is 0 Å². The standard InChI is InChI=1S/C5H7BN2/c6-4-2-1-3-5(7)8-4/h1-2,5H,3,7H2. The first-order chi connectivity index (χ1) is 3.79. The fraction of sp³-hybridized carbons (Fsp3) is 0.400. The third-order valence-corrected chi connectivity index (χ3v) is 0.981. The summed E-state index contributed by atoms with van der Waals surface area (Å²) in [6.07, 6.45) is 4.39. The number of nitrogens with zero attached hydrogens (tertiary/aromatic N) is 1. The third kappa shape index (κ3) is 1.20. The second-order valence-corrected chi connectivity index (χ2v) is 1.76. The van der Waals surface area contributed by atoms with E-state index in [-0.39, 0.29) is 6.17 Å². The molecule has 40 valence electrons. The topological polar surface area (TPSA) is 38.4 Å². The summed E-state index contributed by atoms with van der Waals surface area (Å²) < 4.78 is 0. The van der Waals surface area contributed by atoms with Gasteiger partial charge in [0, 0.05) is 6.42 Å². The predicted molar refractivity (Wildman–Crippen MR) is 34.9 cm³/mol. The molecule has 0 aromatic rings. The zero-order valence-electron chi connectivity index (χ0n) is 4.54. The molecule has 0 amide bonds. The number of aliphatic imine (C=N–C) groups is 1. The SMILES string of the molecule is [B]C1=NC(N)CC=C1. The summed E-state index contributed by atoms with van der Waals surface area (Å²) in [5, 5.41) is 0. The van der Waals surface area contributed by atoms with E-state index >= 15 is 0 Å². The average Bonchev–Trinajstić information content (AvgIpc) is 1.64. The molecule has 2 N–H and O–H groups in total. The molecule has 1 rings (SSSR count). The van der Waals surface area contributed by atoms with Crippen LogP contribution in [-0.4, -0.2) is 19.6 Å². The first-order valence-corrected chi connectivity index (χ1v) is 2.54. The van der Waals surface area contributed by atoms with Gasteiger partial charge in [-0.25, -0.2) is 0 Å². The van der Waals surface area contributed by atoms with E-state index in [4.69, 9.17) is 13.6 Å². The van der Waals surface area contributed by atoms with Crippen LogP contribution in [0.25, 0.3) is 0 Å². The van der Waals surface area contributed by atoms with E-state index in [1.807, 2.05) is 6.08 Å². The summed E-state index contributed by atoms with van der Waals surface area (Å²) >= 11 is 0. The molecule has 1 unspecified atom stereocenters. The molecule has 0 bridgehead atoms. The van der Waals surface area contributed by atoms with E-state index < -0.39 is 0 Å². The van der Waals surface area contributed by atoms with Gasteiger partial charge in [-0.1, -0.05) is 12.2 Å². The van der Waals surface area contributed by atoms with Gasteiger partial charge in [-0.3, -0.25) is 4.99 Å². The number of hydrogen-bond donors (Lipinski definition) is 1. The van der Waals surface area contributed by atoms with Crippen LogP contribution in [-0.2, 0) is 0 Å². The summed E-state index contributed by atoms with van der Waals surface area (Å²) in [5.74, 6) is 0. The highest BCUT2D eigenvalue weighted by molar-refractivity contribution is 6.63. The van der Waals surface area contributed by atoms with Crippen molar-refractivity contribution in [2.24, 2.45) is 10.7 Å². The van der Waals surface area contributed by atoms with E-state index in [1.165, 1.54) is 0 Å². The molecule has 0 aliphatic carbocycles. The zero-order valence-corrected chi connectivity index (χ0v) is 4.54. The smallest absolute Gasteiger partial charge is 0.141 e. The minimum absolute atomic E-state index is 0.111. The largest absolute Gasteiger partial charge is 0.310 e. The molecule has 1 heterocycles. The number of hydrogen-bond acceptors (Lipinski definition) is 2. The summed E-state index contributed by atoms with van der Waals surface area (Å²) in [6, 6.07) is 0. The van der Waals surface area contributed by atoms with Gasteiger partial charge >= 0.3 is 0 Å². The summed E-state index contributed by atoms with van der Waals surface area (Å²) in [4.78, 5) is 3.87. The van der Waals surface area contributed by atoms with Gasteiger partial charge < -0.3 is 5.73 Å². The van der Waals surface area contributed by atoms with Crippen molar-refractivity contribution in [3.05, 3.63) is 12.2 Å².